The summed E-state index contributed by atoms with van der Waals surface area (Å²) < 4.78 is 74.2. The summed E-state index contributed by atoms with van der Waals surface area (Å²) in [5.41, 5.74) is 8.40. The van der Waals surface area contributed by atoms with Gasteiger partial charge in [-0.25, -0.2) is 13.9 Å². The molecule has 39 heavy (non-hydrogen) atoms. The molecule has 0 amide bonds. The predicted molar refractivity (Wildman–Crippen MR) is 152 cm³/mol. The molecule has 0 saturated carbocycles. The van der Waals surface area contributed by atoms with Crippen molar-refractivity contribution in [1.29, 1.82) is 0 Å². The van der Waals surface area contributed by atoms with Gasteiger partial charge in [-0.3, -0.25) is 0 Å². The van der Waals surface area contributed by atoms with Crippen molar-refractivity contribution < 1.29 is 31.6 Å². The molecule has 0 saturated heterocycles. The number of nitrogens with two attached hydrogens (primary N) is 1. The molecule has 0 radical (unpaired) electrons. The Kier molecular flexibility index (Phi) is 11.8. The summed E-state index contributed by atoms with van der Waals surface area (Å²) in [6.07, 6.45) is -7.60. The van der Waals surface area contributed by atoms with Crippen LogP contribution in [0.3, 0.4) is 0 Å². The number of nitrogens with zero attached hydrogens (tertiary/aromatic N) is 2. The topological polar surface area (TPSA) is 101 Å². The fourth-order valence-corrected chi connectivity index (χ4v) is 5.34. The molecule has 0 aliphatic rings. The molecule has 0 bridgehead atoms. The lowest BCUT2D eigenvalue weighted by Crippen LogP contribution is -2.43. The lowest BCUT2D eigenvalue weighted by molar-refractivity contribution is -0.227. The van der Waals surface area contributed by atoms with E-state index in [1.165, 1.54) is 6.92 Å². The SMILES string of the molecule is COC[C@@H](N)c1ccc2nc([C@@H](NS(=O)C(C)(C)C)[C@@H](C)O[C@@H](C)C(F)(F)F)n(COCC[Si](C)(C)C)c2c1. The number of ether oxygens (including phenoxy) is 3. The minimum Gasteiger partial charge on any atom is -0.383 e. The van der Waals surface area contributed by atoms with Crippen molar-refractivity contribution in [2.75, 3.05) is 20.3 Å². The second kappa shape index (κ2) is 13.5. The number of imidazole rings is 1. The van der Waals surface area contributed by atoms with Gasteiger partial charge in [-0.1, -0.05) is 25.7 Å². The molecule has 0 fully saturated rings. The van der Waals surface area contributed by atoms with E-state index in [4.69, 9.17) is 24.9 Å². The van der Waals surface area contributed by atoms with Gasteiger partial charge in [0.1, 0.15) is 18.6 Å². The van der Waals surface area contributed by atoms with Gasteiger partial charge in [0.25, 0.3) is 0 Å². The molecular weight excluding hydrogens is 549 g/mol. The zero-order valence-electron chi connectivity index (χ0n) is 24.5. The zero-order chi connectivity index (χ0) is 29.8. The first-order chi connectivity index (χ1) is 17.8. The van der Waals surface area contributed by atoms with Gasteiger partial charge < -0.3 is 24.5 Å². The summed E-state index contributed by atoms with van der Waals surface area (Å²) >= 11 is 0. The highest BCUT2D eigenvalue weighted by Crippen LogP contribution is 2.31. The second-order valence-electron chi connectivity index (χ2n) is 12.1. The molecule has 1 unspecified atom stereocenters. The maximum Gasteiger partial charge on any atom is 0.414 e. The summed E-state index contributed by atoms with van der Waals surface area (Å²) in [4.78, 5) is 4.77. The standard InChI is InChI=1S/C26H45F3N4O4SSi/c1-17(37-18(2)26(27,28)29)23(32-38(34)25(3,4)5)24-31-21-11-10-19(20(30)15-35-6)14-22(21)33(24)16-36-12-13-39(7,8)9/h10-11,14,17-18,20,23,32H,12-13,15-16,30H2,1-9H3/t17-,18+,20-,23+,38?/m1/s1. The smallest absolute Gasteiger partial charge is 0.383 e. The first kappa shape index (κ1) is 33.9. The molecule has 2 aromatic rings. The van der Waals surface area contributed by atoms with E-state index >= 15 is 0 Å². The van der Waals surface area contributed by atoms with Crippen LogP contribution in [0.1, 0.15) is 58.1 Å². The monoisotopic (exact) mass is 594 g/mol. The van der Waals surface area contributed by atoms with Gasteiger partial charge in [-0.15, -0.1) is 0 Å². The Morgan fingerprint density at radius 1 is 1.18 bits per heavy atom. The number of nitrogens with one attached hydrogen (secondary N) is 1. The van der Waals surface area contributed by atoms with Gasteiger partial charge >= 0.3 is 6.18 Å². The van der Waals surface area contributed by atoms with E-state index in [-0.39, 0.29) is 12.8 Å². The van der Waals surface area contributed by atoms with Crippen molar-refractivity contribution in [2.24, 2.45) is 5.73 Å². The van der Waals surface area contributed by atoms with Crippen LogP contribution in [0.25, 0.3) is 11.0 Å². The van der Waals surface area contributed by atoms with Crippen LogP contribution in [0.5, 0.6) is 0 Å². The van der Waals surface area contributed by atoms with Crippen LogP contribution in [0, 0.1) is 0 Å². The van der Waals surface area contributed by atoms with E-state index in [1.807, 2.05) is 18.2 Å². The highest BCUT2D eigenvalue weighted by atomic mass is 32.2. The Hall–Kier alpha value is -1.35. The van der Waals surface area contributed by atoms with Gasteiger partial charge in [-0.05, 0) is 58.4 Å². The Labute approximate surface area is 233 Å². The van der Waals surface area contributed by atoms with Crippen LogP contribution in [0.4, 0.5) is 13.2 Å². The Balaban J connectivity index is 2.61. The van der Waals surface area contributed by atoms with Gasteiger partial charge in [0.05, 0.1) is 45.5 Å². The fraction of sp³-hybridized carbons (Fsp3) is 0.731. The van der Waals surface area contributed by atoms with Gasteiger partial charge in [0, 0.05) is 21.8 Å². The number of fused-ring (bicyclic) bond motifs is 1. The van der Waals surface area contributed by atoms with Crippen LogP contribution in [-0.4, -0.2) is 65.3 Å². The average molecular weight is 595 g/mol. The Bertz CT molecular complexity index is 1100. The molecule has 1 aromatic heterocycles. The molecule has 1 aromatic carbocycles. The lowest BCUT2D eigenvalue weighted by Gasteiger charge is -2.30. The van der Waals surface area contributed by atoms with Gasteiger partial charge in [0.15, 0.2) is 6.10 Å². The first-order valence-electron chi connectivity index (χ1n) is 13.1. The van der Waals surface area contributed by atoms with E-state index < -0.39 is 48.2 Å². The number of benzene rings is 1. The van der Waals surface area contributed by atoms with Crippen LogP contribution >= 0.6 is 0 Å². The molecule has 5 atom stereocenters. The summed E-state index contributed by atoms with van der Waals surface area (Å²) in [6.45, 7) is 15.5. The third-order valence-electron chi connectivity index (χ3n) is 6.21. The number of aromatic nitrogens is 2. The van der Waals surface area contributed by atoms with Crippen molar-refractivity contribution in [3.63, 3.8) is 0 Å². The maximum absolute atomic E-state index is 13.4. The first-order valence-corrected chi connectivity index (χ1v) is 17.9. The quantitative estimate of drug-likeness (QED) is 0.223. The third-order valence-corrected chi connectivity index (χ3v) is 9.49. The van der Waals surface area contributed by atoms with Crippen molar-refractivity contribution in [1.82, 2.24) is 14.3 Å². The van der Waals surface area contributed by atoms with Crippen molar-refractivity contribution in [2.45, 2.75) is 102 Å². The van der Waals surface area contributed by atoms with Crippen molar-refractivity contribution in [3.05, 3.63) is 29.6 Å². The maximum atomic E-state index is 13.4. The molecule has 0 spiro atoms. The molecule has 3 N–H and O–H groups in total. The van der Waals surface area contributed by atoms with E-state index in [0.29, 0.717) is 30.1 Å². The number of hydrogen-bond donors (Lipinski definition) is 2. The molecular formula is C26H45F3N4O4SSi. The summed E-state index contributed by atoms with van der Waals surface area (Å²) in [7, 11) is -1.41. The molecule has 13 heteroatoms. The average Bonchev–Trinajstić information content (AvgIpc) is 3.15. The van der Waals surface area contributed by atoms with E-state index in [2.05, 4.69) is 24.4 Å². The minimum absolute atomic E-state index is 0.112. The number of halogens is 3. The molecule has 2 rings (SSSR count). The molecule has 0 aliphatic heterocycles. The minimum atomic E-state index is -4.55. The van der Waals surface area contributed by atoms with Crippen LogP contribution < -0.4 is 10.5 Å². The molecule has 0 aliphatic carbocycles. The van der Waals surface area contributed by atoms with Gasteiger partial charge in [0.2, 0.25) is 0 Å². The largest absolute Gasteiger partial charge is 0.414 e. The van der Waals surface area contributed by atoms with Crippen LogP contribution in [0.2, 0.25) is 25.7 Å². The number of hydrogen-bond acceptors (Lipinski definition) is 6. The van der Waals surface area contributed by atoms with Crippen molar-refractivity contribution in [3.8, 4) is 0 Å². The summed E-state index contributed by atoms with van der Waals surface area (Å²) in [5, 5.41) is 0. The van der Waals surface area contributed by atoms with E-state index in [1.54, 1.807) is 32.4 Å². The summed E-state index contributed by atoms with van der Waals surface area (Å²) in [5.74, 6) is 0.370. The fourth-order valence-electron chi connectivity index (χ4n) is 3.70. The Morgan fingerprint density at radius 2 is 1.82 bits per heavy atom. The summed E-state index contributed by atoms with van der Waals surface area (Å²) in [6, 6.07) is 5.18. The van der Waals surface area contributed by atoms with Crippen LogP contribution in [0.15, 0.2) is 18.2 Å². The Morgan fingerprint density at radius 3 is 2.36 bits per heavy atom. The van der Waals surface area contributed by atoms with Gasteiger partial charge in [-0.2, -0.15) is 13.2 Å². The lowest BCUT2D eigenvalue weighted by atomic mass is 10.1. The van der Waals surface area contributed by atoms with E-state index in [0.717, 1.165) is 18.5 Å². The van der Waals surface area contributed by atoms with E-state index in [9.17, 15) is 17.4 Å². The highest BCUT2D eigenvalue weighted by molar-refractivity contribution is 7.84. The third kappa shape index (κ3) is 9.90. The van der Waals surface area contributed by atoms with Crippen LogP contribution in [-0.2, 0) is 31.9 Å². The zero-order valence-corrected chi connectivity index (χ0v) is 26.3. The second-order valence-corrected chi connectivity index (χ2v) is 19.7. The molecule has 1 heterocycles. The number of alkyl halides is 3. The number of rotatable bonds is 14. The number of methoxy groups -OCH3 is 1. The molecule has 224 valence electrons. The molecule has 8 nitrogen and oxygen atoms in total. The normalized spacial score (nSPS) is 17.3. The van der Waals surface area contributed by atoms with Crippen molar-refractivity contribution >= 4 is 30.1 Å². The predicted octanol–water partition coefficient (Wildman–Crippen LogP) is 5.44. The highest BCUT2D eigenvalue weighted by Gasteiger charge is 2.40.